The molecule has 5 heteroatoms. The van der Waals surface area contributed by atoms with E-state index in [0.29, 0.717) is 25.3 Å². The monoisotopic (exact) mass is 249 g/mol. The number of nitrogens with one attached hydrogen (secondary N) is 1. The Balaban J connectivity index is 2.11. The summed E-state index contributed by atoms with van der Waals surface area (Å²) in [6, 6.07) is 6.70. The molecule has 1 amide bonds. The third-order valence-corrected chi connectivity index (χ3v) is 2.65. The van der Waals surface area contributed by atoms with Gasteiger partial charge >= 0.3 is 5.97 Å². The molecule has 96 valence electrons. The Hall–Kier alpha value is -1.88. The van der Waals surface area contributed by atoms with Gasteiger partial charge in [-0.3, -0.25) is 4.79 Å². The lowest BCUT2D eigenvalue weighted by molar-refractivity contribution is -0.138. The largest absolute Gasteiger partial charge is 0.462 e. The molecule has 2 rings (SSSR count). The van der Waals surface area contributed by atoms with Crippen molar-refractivity contribution in [1.82, 2.24) is 5.32 Å². The van der Waals surface area contributed by atoms with E-state index in [0.717, 1.165) is 5.56 Å². The molecule has 1 aliphatic heterocycles. The summed E-state index contributed by atoms with van der Waals surface area (Å²) in [6.07, 6.45) is -0.588. The molecule has 5 nitrogen and oxygen atoms in total. The van der Waals surface area contributed by atoms with Gasteiger partial charge in [-0.05, 0) is 24.6 Å². The second-order valence-corrected chi connectivity index (χ2v) is 3.88. The zero-order valence-electron chi connectivity index (χ0n) is 10.1. The van der Waals surface area contributed by atoms with Gasteiger partial charge in [0.15, 0.2) is 6.10 Å². The first-order chi connectivity index (χ1) is 8.72. The van der Waals surface area contributed by atoms with Crippen LogP contribution in [0, 0.1) is 0 Å². The number of carbonyl (C=O) groups is 2. The first kappa shape index (κ1) is 12.6. The van der Waals surface area contributed by atoms with Crippen LogP contribution < -0.4 is 5.32 Å². The second kappa shape index (κ2) is 5.64. The highest BCUT2D eigenvalue weighted by molar-refractivity contribution is 5.89. The average molecular weight is 249 g/mol. The number of rotatable bonds is 3. The second-order valence-electron chi connectivity index (χ2n) is 3.88. The fraction of sp³-hybridized carbons (Fsp3) is 0.385. The molecule has 0 aliphatic carbocycles. The van der Waals surface area contributed by atoms with Gasteiger partial charge in [0.2, 0.25) is 0 Å². The maximum absolute atomic E-state index is 11.6. The van der Waals surface area contributed by atoms with Crippen LogP contribution in [0.2, 0.25) is 0 Å². The van der Waals surface area contributed by atoms with Gasteiger partial charge in [-0.2, -0.15) is 0 Å². The Kier molecular flexibility index (Phi) is 3.94. The van der Waals surface area contributed by atoms with Crippen molar-refractivity contribution in [2.45, 2.75) is 13.0 Å². The molecule has 1 fully saturated rings. The van der Waals surface area contributed by atoms with Crippen molar-refractivity contribution in [3.05, 3.63) is 35.4 Å². The number of amides is 1. The van der Waals surface area contributed by atoms with E-state index in [1.807, 2.05) is 0 Å². The van der Waals surface area contributed by atoms with E-state index in [-0.39, 0.29) is 11.9 Å². The van der Waals surface area contributed by atoms with Crippen molar-refractivity contribution in [3.8, 4) is 0 Å². The molecule has 1 heterocycles. The minimum Gasteiger partial charge on any atom is -0.462 e. The van der Waals surface area contributed by atoms with E-state index in [9.17, 15) is 9.59 Å². The maximum Gasteiger partial charge on any atom is 0.338 e. The average Bonchev–Trinajstić information content (AvgIpc) is 2.40. The van der Waals surface area contributed by atoms with Crippen LogP contribution in [0.4, 0.5) is 0 Å². The SMILES string of the molecule is CCOC(=O)c1ccc(C2OCCNC2=O)cc1. The molecule has 1 saturated heterocycles. The van der Waals surface area contributed by atoms with Gasteiger partial charge in [0.05, 0.1) is 18.8 Å². The molecule has 18 heavy (non-hydrogen) atoms. The van der Waals surface area contributed by atoms with Crippen LogP contribution in [0.25, 0.3) is 0 Å². The summed E-state index contributed by atoms with van der Waals surface area (Å²) < 4.78 is 10.3. The van der Waals surface area contributed by atoms with Crippen molar-refractivity contribution < 1.29 is 19.1 Å². The lowest BCUT2D eigenvalue weighted by Crippen LogP contribution is -2.39. The highest BCUT2D eigenvalue weighted by Crippen LogP contribution is 2.20. The molecule has 0 radical (unpaired) electrons. The van der Waals surface area contributed by atoms with Crippen LogP contribution in [0.5, 0.6) is 0 Å². The summed E-state index contributed by atoms with van der Waals surface area (Å²) in [5.41, 5.74) is 1.21. The topological polar surface area (TPSA) is 64.6 Å². The highest BCUT2D eigenvalue weighted by Gasteiger charge is 2.24. The fourth-order valence-electron chi connectivity index (χ4n) is 1.78. The molecule has 0 bridgehead atoms. The lowest BCUT2D eigenvalue weighted by atomic mass is 10.1. The van der Waals surface area contributed by atoms with Crippen LogP contribution >= 0.6 is 0 Å². The van der Waals surface area contributed by atoms with Gasteiger partial charge in [0, 0.05) is 6.54 Å². The normalized spacial score (nSPS) is 19.2. The smallest absolute Gasteiger partial charge is 0.338 e. The number of morpholine rings is 1. The third kappa shape index (κ3) is 2.68. The van der Waals surface area contributed by atoms with Gasteiger partial charge in [-0.15, -0.1) is 0 Å². The zero-order chi connectivity index (χ0) is 13.0. The molecule has 1 N–H and O–H groups in total. The molecule has 1 atom stereocenters. The van der Waals surface area contributed by atoms with Gasteiger partial charge < -0.3 is 14.8 Å². The Morgan fingerprint density at radius 2 is 2.17 bits per heavy atom. The molecule has 1 unspecified atom stereocenters. The number of benzene rings is 1. The van der Waals surface area contributed by atoms with E-state index in [2.05, 4.69) is 5.32 Å². The van der Waals surface area contributed by atoms with Crippen molar-refractivity contribution in [2.24, 2.45) is 0 Å². The maximum atomic E-state index is 11.6. The van der Waals surface area contributed by atoms with E-state index < -0.39 is 6.10 Å². The van der Waals surface area contributed by atoms with Gasteiger partial charge in [-0.25, -0.2) is 4.79 Å². The van der Waals surface area contributed by atoms with Crippen molar-refractivity contribution in [3.63, 3.8) is 0 Å². The molecule has 0 spiro atoms. The molecule has 0 saturated carbocycles. The molecule has 1 aromatic rings. The van der Waals surface area contributed by atoms with E-state index in [4.69, 9.17) is 9.47 Å². The van der Waals surface area contributed by atoms with Crippen LogP contribution in [-0.4, -0.2) is 31.6 Å². The number of ether oxygens (including phenoxy) is 2. The molecule has 1 aliphatic rings. The Morgan fingerprint density at radius 1 is 1.44 bits per heavy atom. The first-order valence-electron chi connectivity index (χ1n) is 5.88. The van der Waals surface area contributed by atoms with Gasteiger partial charge in [0.1, 0.15) is 0 Å². The summed E-state index contributed by atoms with van der Waals surface area (Å²) in [7, 11) is 0. The van der Waals surface area contributed by atoms with Crippen LogP contribution in [0.1, 0.15) is 28.9 Å². The summed E-state index contributed by atoms with van der Waals surface area (Å²) in [5.74, 6) is -0.511. The summed E-state index contributed by atoms with van der Waals surface area (Å²) in [4.78, 5) is 23.1. The first-order valence-corrected chi connectivity index (χ1v) is 5.88. The minimum atomic E-state index is -0.588. The summed E-state index contributed by atoms with van der Waals surface area (Å²) >= 11 is 0. The van der Waals surface area contributed by atoms with Crippen LogP contribution in [-0.2, 0) is 14.3 Å². The Labute approximate surface area is 105 Å². The molecule has 0 aromatic heterocycles. The molecule has 1 aromatic carbocycles. The fourth-order valence-corrected chi connectivity index (χ4v) is 1.78. The molecular formula is C13H15NO4. The number of esters is 1. The summed E-state index contributed by atoms with van der Waals surface area (Å²) in [6.45, 7) is 3.13. The van der Waals surface area contributed by atoms with E-state index >= 15 is 0 Å². The molecular weight excluding hydrogens is 234 g/mol. The van der Waals surface area contributed by atoms with Crippen molar-refractivity contribution >= 4 is 11.9 Å². The predicted octanol–water partition coefficient (Wildman–Crippen LogP) is 1.05. The van der Waals surface area contributed by atoms with Crippen molar-refractivity contribution in [1.29, 1.82) is 0 Å². The van der Waals surface area contributed by atoms with Crippen LogP contribution in [0.15, 0.2) is 24.3 Å². The number of carbonyl (C=O) groups excluding carboxylic acids is 2. The standard InChI is InChI=1S/C13H15NO4/c1-2-17-13(16)10-5-3-9(4-6-10)11-12(15)14-7-8-18-11/h3-6,11H,2,7-8H2,1H3,(H,14,15). The van der Waals surface area contributed by atoms with Crippen LogP contribution in [0.3, 0.4) is 0 Å². The lowest BCUT2D eigenvalue weighted by Gasteiger charge is -2.22. The Bertz CT molecular complexity index is 441. The number of hydrogen-bond acceptors (Lipinski definition) is 4. The highest BCUT2D eigenvalue weighted by atomic mass is 16.5. The van der Waals surface area contributed by atoms with Crippen molar-refractivity contribution in [2.75, 3.05) is 19.8 Å². The zero-order valence-corrected chi connectivity index (χ0v) is 10.1. The van der Waals surface area contributed by atoms with E-state index in [1.165, 1.54) is 0 Å². The quantitative estimate of drug-likeness (QED) is 0.813. The number of hydrogen-bond donors (Lipinski definition) is 1. The summed E-state index contributed by atoms with van der Waals surface area (Å²) in [5, 5.41) is 2.73. The van der Waals surface area contributed by atoms with Gasteiger partial charge in [0.25, 0.3) is 5.91 Å². The van der Waals surface area contributed by atoms with Gasteiger partial charge in [-0.1, -0.05) is 12.1 Å². The Morgan fingerprint density at radius 3 is 2.78 bits per heavy atom. The third-order valence-electron chi connectivity index (χ3n) is 2.65. The predicted molar refractivity (Wildman–Crippen MR) is 64.1 cm³/mol. The minimum absolute atomic E-state index is 0.148. The van der Waals surface area contributed by atoms with E-state index in [1.54, 1.807) is 31.2 Å².